The highest BCUT2D eigenvalue weighted by atomic mass is 35.5. The Labute approximate surface area is 117 Å². The Morgan fingerprint density at radius 1 is 1.05 bits per heavy atom. The number of aromatic nitrogens is 3. The summed E-state index contributed by atoms with van der Waals surface area (Å²) in [7, 11) is 0. The van der Waals surface area contributed by atoms with Gasteiger partial charge in [0.05, 0.1) is 12.2 Å². The van der Waals surface area contributed by atoms with Crippen LogP contribution in [0.4, 0.5) is 13.2 Å². The molecule has 0 bridgehead atoms. The Kier molecular flexibility index (Phi) is 4.39. The van der Waals surface area contributed by atoms with Crippen molar-refractivity contribution in [2.75, 3.05) is 6.61 Å². The molecule has 20 heavy (non-hydrogen) atoms. The van der Waals surface area contributed by atoms with Crippen LogP contribution in [0.1, 0.15) is 13.3 Å². The van der Waals surface area contributed by atoms with Crippen LogP contribution in [-0.2, 0) is 0 Å². The van der Waals surface area contributed by atoms with E-state index < -0.39 is 17.5 Å². The van der Waals surface area contributed by atoms with E-state index in [0.717, 1.165) is 0 Å². The molecule has 0 aliphatic rings. The van der Waals surface area contributed by atoms with Crippen molar-refractivity contribution in [1.82, 2.24) is 15.0 Å². The van der Waals surface area contributed by atoms with Crippen LogP contribution in [0.5, 0.6) is 6.01 Å². The first-order chi connectivity index (χ1) is 9.51. The fourth-order valence-corrected chi connectivity index (χ4v) is 1.56. The average molecular weight is 304 g/mol. The Morgan fingerprint density at radius 3 is 2.45 bits per heavy atom. The van der Waals surface area contributed by atoms with Crippen molar-refractivity contribution in [3.63, 3.8) is 0 Å². The van der Waals surface area contributed by atoms with Gasteiger partial charge in [-0.2, -0.15) is 15.0 Å². The summed E-state index contributed by atoms with van der Waals surface area (Å²) in [5.41, 5.74) is -0.324. The van der Waals surface area contributed by atoms with Crippen LogP contribution in [0.25, 0.3) is 11.4 Å². The molecule has 0 atom stereocenters. The third kappa shape index (κ3) is 3.16. The van der Waals surface area contributed by atoms with E-state index in [4.69, 9.17) is 16.3 Å². The summed E-state index contributed by atoms with van der Waals surface area (Å²) in [5, 5.41) is -0.231. The predicted molar refractivity (Wildman–Crippen MR) is 65.9 cm³/mol. The molecular weight excluding hydrogens is 295 g/mol. The van der Waals surface area contributed by atoms with E-state index in [0.29, 0.717) is 25.2 Å². The lowest BCUT2D eigenvalue weighted by molar-refractivity contribution is 0.291. The quantitative estimate of drug-likeness (QED) is 0.812. The topological polar surface area (TPSA) is 47.9 Å². The highest BCUT2D eigenvalue weighted by Gasteiger charge is 2.16. The lowest BCUT2D eigenvalue weighted by atomic mass is 10.2. The number of ether oxygens (including phenoxy) is 1. The van der Waals surface area contributed by atoms with Crippen molar-refractivity contribution in [2.24, 2.45) is 0 Å². The van der Waals surface area contributed by atoms with E-state index in [1.165, 1.54) is 0 Å². The summed E-state index contributed by atoms with van der Waals surface area (Å²) in [6, 6.07) is 0.959. The first-order valence-electron chi connectivity index (χ1n) is 5.70. The number of rotatable bonds is 4. The van der Waals surface area contributed by atoms with Crippen molar-refractivity contribution < 1.29 is 17.9 Å². The Hall–Kier alpha value is -1.89. The van der Waals surface area contributed by atoms with Crippen LogP contribution in [0.3, 0.4) is 0 Å². The highest BCUT2D eigenvalue weighted by molar-refractivity contribution is 6.28. The molecule has 1 heterocycles. The highest BCUT2D eigenvalue weighted by Crippen LogP contribution is 2.24. The molecule has 0 radical (unpaired) electrons. The molecule has 0 aliphatic heterocycles. The fourth-order valence-electron chi connectivity index (χ4n) is 1.40. The van der Waals surface area contributed by atoms with Gasteiger partial charge in [0.2, 0.25) is 5.28 Å². The van der Waals surface area contributed by atoms with Gasteiger partial charge in [-0.25, -0.2) is 13.2 Å². The number of hydrogen-bond acceptors (Lipinski definition) is 4. The van der Waals surface area contributed by atoms with Crippen molar-refractivity contribution in [1.29, 1.82) is 0 Å². The minimum atomic E-state index is -1.30. The predicted octanol–water partition coefficient (Wildman–Crippen LogP) is 3.40. The van der Waals surface area contributed by atoms with Gasteiger partial charge in [0.1, 0.15) is 5.82 Å². The molecule has 0 amide bonds. The van der Waals surface area contributed by atoms with Gasteiger partial charge in [-0.1, -0.05) is 6.92 Å². The van der Waals surface area contributed by atoms with Crippen LogP contribution >= 0.6 is 11.6 Å². The number of benzene rings is 1. The molecule has 1 aromatic carbocycles. The lowest BCUT2D eigenvalue weighted by Crippen LogP contribution is -2.04. The number of nitrogens with zero attached hydrogens (tertiary/aromatic N) is 3. The van der Waals surface area contributed by atoms with E-state index in [-0.39, 0.29) is 22.7 Å². The molecule has 2 aromatic rings. The Balaban J connectivity index is 2.47. The lowest BCUT2D eigenvalue weighted by Gasteiger charge is -2.06. The maximum absolute atomic E-state index is 13.6. The molecule has 0 saturated heterocycles. The van der Waals surface area contributed by atoms with Gasteiger partial charge >= 0.3 is 6.01 Å². The Bertz CT molecular complexity index is 640. The zero-order chi connectivity index (χ0) is 14.7. The van der Waals surface area contributed by atoms with Crippen LogP contribution in [0.15, 0.2) is 12.1 Å². The van der Waals surface area contributed by atoms with E-state index in [1.807, 2.05) is 6.92 Å². The maximum atomic E-state index is 13.6. The van der Waals surface area contributed by atoms with Gasteiger partial charge in [0, 0.05) is 6.07 Å². The van der Waals surface area contributed by atoms with E-state index >= 15 is 0 Å². The molecule has 2 rings (SSSR count). The van der Waals surface area contributed by atoms with Crippen LogP contribution in [-0.4, -0.2) is 21.6 Å². The zero-order valence-electron chi connectivity index (χ0n) is 10.3. The largest absolute Gasteiger partial charge is 0.463 e. The minimum absolute atomic E-state index is 0.106. The molecule has 0 saturated carbocycles. The Morgan fingerprint density at radius 2 is 1.75 bits per heavy atom. The molecule has 0 fully saturated rings. The van der Waals surface area contributed by atoms with E-state index in [1.54, 1.807) is 0 Å². The number of halogens is 4. The van der Waals surface area contributed by atoms with Crippen LogP contribution in [0.2, 0.25) is 5.28 Å². The monoisotopic (exact) mass is 303 g/mol. The van der Waals surface area contributed by atoms with Crippen LogP contribution < -0.4 is 4.74 Å². The molecular formula is C12H9ClF3N3O. The van der Waals surface area contributed by atoms with Gasteiger partial charge < -0.3 is 4.74 Å². The van der Waals surface area contributed by atoms with Crippen LogP contribution in [0, 0.1) is 17.5 Å². The smallest absolute Gasteiger partial charge is 0.321 e. The second-order valence-corrected chi connectivity index (χ2v) is 4.14. The van der Waals surface area contributed by atoms with Gasteiger partial charge in [0.15, 0.2) is 17.5 Å². The molecule has 0 spiro atoms. The van der Waals surface area contributed by atoms with Crippen molar-refractivity contribution in [3.05, 3.63) is 34.9 Å². The normalized spacial score (nSPS) is 10.7. The summed E-state index contributed by atoms with van der Waals surface area (Å²) >= 11 is 5.67. The van der Waals surface area contributed by atoms with Gasteiger partial charge in [-0.3, -0.25) is 0 Å². The van der Waals surface area contributed by atoms with Crippen molar-refractivity contribution in [2.45, 2.75) is 13.3 Å². The summed E-state index contributed by atoms with van der Waals surface area (Å²) in [4.78, 5) is 11.2. The fraction of sp³-hybridized carbons (Fsp3) is 0.250. The molecule has 0 aliphatic carbocycles. The van der Waals surface area contributed by atoms with E-state index in [2.05, 4.69) is 15.0 Å². The number of hydrogen-bond donors (Lipinski definition) is 0. The summed E-state index contributed by atoms with van der Waals surface area (Å²) in [6.45, 7) is 2.21. The third-order valence-corrected chi connectivity index (χ3v) is 2.44. The van der Waals surface area contributed by atoms with Gasteiger partial charge in [-0.15, -0.1) is 0 Å². The molecule has 0 unspecified atom stereocenters. The molecule has 106 valence electrons. The van der Waals surface area contributed by atoms with Gasteiger partial charge in [0.25, 0.3) is 0 Å². The summed E-state index contributed by atoms with van der Waals surface area (Å²) < 4.78 is 44.8. The zero-order valence-corrected chi connectivity index (χ0v) is 11.1. The summed E-state index contributed by atoms with van der Waals surface area (Å²) in [5.74, 6) is -3.75. The third-order valence-electron chi connectivity index (χ3n) is 2.27. The second kappa shape index (κ2) is 6.04. The maximum Gasteiger partial charge on any atom is 0.321 e. The molecule has 0 N–H and O–H groups in total. The SMILES string of the molecule is CCCOc1nc(Cl)nc(-c2cc(F)c(F)cc2F)n1. The van der Waals surface area contributed by atoms with Crippen molar-refractivity contribution in [3.8, 4) is 17.4 Å². The summed E-state index contributed by atoms with van der Waals surface area (Å²) in [6.07, 6.45) is 0.707. The van der Waals surface area contributed by atoms with Gasteiger partial charge in [-0.05, 0) is 24.1 Å². The molecule has 8 heteroatoms. The molecule has 4 nitrogen and oxygen atoms in total. The first-order valence-corrected chi connectivity index (χ1v) is 6.08. The first kappa shape index (κ1) is 14.5. The molecule has 1 aromatic heterocycles. The average Bonchev–Trinajstić information content (AvgIpc) is 2.40. The second-order valence-electron chi connectivity index (χ2n) is 3.81. The van der Waals surface area contributed by atoms with E-state index in [9.17, 15) is 13.2 Å². The minimum Gasteiger partial charge on any atom is -0.463 e. The standard InChI is InChI=1S/C12H9ClF3N3O/c1-2-3-20-12-18-10(17-11(13)19-12)6-4-8(15)9(16)5-7(6)14/h4-5H,2-3H2,1H3. The van der Waals surface area contributed by atoms with Crippen molar-refractivity contribution >= 4 is 11.6 Å².